The Morgan fingerprint density at radius 3 is 3.00 bits per heavy atom. The van der Waals surface area contributed by atoms with Gasteiger partial charge >= 0.3 is 0 Å². The van der Waals surface area contributed by atoms with Gasteiger partial charge in [-0.1, -0.05) is 12.1 Å². The first kappa shape index (κ1) is 12.9. The van der Waals surface area contributed by atoms with E-state index in [1.165, 1.54) is 5.56 Å². The second-order valence-electron chi connectivity index (χ2n) is 4.72. The van der Waals surface area contributed by atoms with Gasteiger partial charge in [-0.05, 0) is 31.0 Å². The number of ether oxygens (including phenoxy) is 1. The molecule has 0 radical (unpaired) electrons. The van der Waals surface area contributed by atoms with Crippen LogP contribution in [0, 0.1) is 6.92 Å². The number of rotatable bonds is 5. The highest BCUT2D eigenvalue weighted by molar-refractivity contribution is 5.83. The number of carbonyl (C=O) groups is 1. The third-order valence-corrected chi connectivity index (χ3v) is 3.18. The summed E-state index contributed by atoms with van der Waals surface area (Å²) in [5.41, 5.74) is 1.19. The average molecular weight is 248 g/mol. The normalized spacial score (nSPS) is 19.3. The van der Waals surface area contributed by atoms with Crippen LogP contribution in [0.4, 0.5) is 0 Å². The molecule has 1 aromatic carbocycles. The van der Waals surface area contributed by atoms with E-state index in [9.17, 15) is 4.79 Å². The van der Waals surface area contributed by atoms with Crippen molar-refractivity contribution in [2.75, 3.05) is 26.7 Å². The molecule has 0 saturated carbocycles. The monoisotopic (exact) mass is 248 g/mol. The first-order chi connectivity index (χ1) is 8.66. The number of nitrogens with zero attached hydrogens (tertiary/aromatic N) is 1. The summed E-state index contributed by atoms with van der Waals surface area (Å²) in [7, 11) is 1.84. The van der Waals surface area contributed by atoms with E-state index in [1.807, 2.05) is 38.2 Å². The number of hydrogen-bond donors (Lipinski definition) is 1. The molecule has 1 aromatic rings. The molecule has 1 aliphatic rings. The van der Waals surface area contributed by atoms with Crippen molar-refractivity contribution in [3.63, 3.8) is 0 Å². The first-order valence-electron chi connectivity index (χ1n) is 6.34. The maximum absolute atomic E-state index is 11.6. The number of benzene rings is 1. The number of likely N-dealkylation sites (tertiary alicyclic amines) is 1. The fraction of sp³-hybridized carbons (Fsp3) is 0.500. The molecule has 0 aromatic heterocycles. The zero-order valence-corrected chi connectivity index (χ0v) is 11.0. The van der Waals surface area contributed by atoms with Gasteiger partial charge in [0.15, 0.2) is 0 Å². The van der Waals surface area contributed by atoms with E-state index in [0.29, 0.717) is 13.2 Å². The summed E-state index contributed by atoms with van der Waals surface area (Å²) in [5.74, 6) is 1.07. The SMILES string of the molecule is Cc1cccc(OCCNC2CCN(C)C2=O)c1. The van der Waals surface area contributed by atoms with Crippen LogP contribution in [0.2, 0.25) is 0 Å². The van der Waals surface area contributed by atoms with Crippen molar-refractivity contribution in [1.82, 2.24) is 10.2 Å². The molecule has 2 rings (SSSR count). The molecule has 1 fully saturated rings. The van der Waals surface area contributed by atoms with Gasteiger partial charge in [-0.15, -0.1) is 0 Å². The topological polar surface area (TPSA) is 41.6 Å². The molecule has 4 heteroatoms. The van der Waals surface area contributed by atoms with Crippen LogP contribution in [0.5, 0.6) is 5.75 Å². The Kier molecular flexibility index (Phi) is 4.20. The number of amides is 1. The highest BCUT2D eigenvalue weighted by Gasteiger charge is 2.27. The van der Waals surface area contributed by atoms with Crippen molar-refractivity contribution < 1.29 is 9.53 Å². The van der Waals surface area contributed by atoms with E-state index < -0.39 is 0 Å². The van der Waals surface area contributed by atoms with Gasteiger partial charge in [-0.2, -0.15) is 0 Å². The van der Waals surface area contributed by atoms with E-state index in [1.54, 1.807) is 4.90 Å². The van der Waals surface area contributed by atoms with Crippen molar-refractivity contribution in [3.05, 3.63) is 29.8 Å². The quantitative estimate of drug-likeness (QED) is 0.796. The number of aryl methyl sites for hydroxylation is 1. The highest BCUT2D eigenvalue weighted by Crippen LogP contribution is 2.12. The Bertz CT molecular complexity index is 420. The van der Waals surface area contributed by atoms with Gasteiger partial charge in [0.25, 0.3) is 0 Å². The van der Waals surface area contributed by atoms with E-state index in [-0.39, 0.29) is 11.9 Å². The van der Waals surface area contributed by atoms with Gasteiger partial charge in [0.05, 0.1) is 6.04 Å². The zero-order valence-electron chi connectivity index (χ0n) is 11.0. The Morgan fingerprint density at radius 1 is 1.50 bits per heavy atom. The molecule has 1 amide bonds. The van der Waals surface area contributed by atoms with Crippen LogP contribution < -0.4 is 10.1 Å². The Labute approximate surface area is 108 Å². The standard InChI is InChI=1S/C14H20N2O2/c1-11-4-3-5-12(10-11)18-9-7-15-13-6-8-16(2)14(13)17/h3-5,10,13,15H,6-9H2,1-2H3. The number of hydrogen-bond acceptors (Lipinski definition) is 3. The smallest absolute Gasteiger partial charge is 0.239 e. The molecule has 98 valence electrons. The summed E-state index contributed by atoms with van der Waals surface area (Å²) in [4.78, 5) is 13.4. The van der Waals surface area contributed by atoms with Gasteiger partial charge < -0.3 is 15.0 Å². The van der Waals surface area contributed by atoms with E-state index in [0.717, 1.165) is 18.7 Å². The lowest BCUT2D eigenvalue weighted by Crippen LogP contribution is -2.38. The molecule has 18 heavy (non-hydrogen) atoms. The fourth-order valence-electron chi connectivity index (χ4n) is 2.12. The zero-order chi connectivity index (χ0) is 13.0. The van der Waals surface area contributed by atoms with Crippen LogP contribution in [0.1, 0.15) is 12.0 Å². The third-order valence-electron chi connectivity index (χ3n) is 3.18. The molecule has 1 N–H and O–H groups in total. The molecule has 0 bridgehead atoms. The molecule has 1 atom stereocenters. The summed E-state index contributed by atoms with van der Waals surface area (Å²) in [5, 5.41) is 3.23. The fourth-order valence-corrected chi connectivity index (χ4v) is 2.12. The maximum Gasteiger partial charge on any atom is 0.239 e. The Hall–Kier alpha value is -1.55. The van der Waals surface area contributed by atoms with Crippen LogP contribution in [0.3, 0.4) is 0 Å². The summed E-state index contributed by atoms with van der Waals surface area (Å²) < 4.78 is 5.62. The van der Waals surface area contributed by atoms with Gasteiger partial charge in [-0.25, -0.2) is 0 Å². The van der Waals surface area contributed by atoms with Crippen molar-refractivity contribution in [1.29, 1.82) is 0 Å². The van der Waals surface area contributed by atoms with Crippen molar-refractivity contribution in [2.24, 2.45) is 0 Å². The second kappa shape index (κ2) is 5.87. The van der Waals surface area contributed by atoms with Crippen molar-refractivity contribution >= 4 is 5.91 Å². The van der Waals surface area contributed by atoms with Gasteiger partial charge in [0.2, 0.25) is 5.91 Å². The molecule has 1 saturated heterocycles. The minimum Gasteiger partial charge on any atom is -0.492 e. The Balaban J connectivity index is 1.69. The summed E-state index contributed by atoms with van der Waals surface area (Å²) >= 11 is 0. The predicted molar refractivity (Wildman–Crippen MR) is 70.7 cm³/mol. The van der Waals surface area contributed by atoms with Gasteiger partial charge in [-0.3, -0.25) is 4.79 Å². The van der Waals surface area contributed by atoms with Gasteiger partial charge in [0, 0.05) is 20.1 Å². The summed E-state index contributed by atoms with van der Waals surface area (Å²) in [6.07, 6.45) is 0.889. The lowest BCUT2D eigenvalue weighted by atomic mass is 10.2. The number of likely N-dealkylation sites (N-methyl/N-ethyl adjacent to an activating group) is 1. The van der Waals surface area contributed by atoms with Crippen molar-refractivity contribution in [2.45, 2.75) is 19.4 Å². The van der Waals surface area contributed by atoms with Crippen LogP contribution >= 0.6 is 0 Å². The van der Waals surface area contributed by atoms with E-state index in [2.05, 4.69) is 5.32 Å². The average Bonchev–Trinajstić information content (AvgIpc) is 2.66. The summed E-state index contributed by atoms with van der Waals surface area (Å²) in [6, 6.07) is 7.94. The van der Waals surface area contributed by atoms with E-state index in [4.69, 9.17) is 4.74 Å². The van der Waals surface area contributed by atoms with Crippen molar-refractivity contribution in [3.8, 4) is 5.75 Å². The Morgan fingerprint density at radius 2 is 2.33 bits per heavy atom. The number of carbonyl (C=O) groups excluding carboxylic acids is 1. The molecule has 1 unspecified atom stereocenters. The summed E-state index contributed by atoms with van der Waals surface area (Å²) in [6.45, 7) is 4.16. The number of nitrogens with one attached hydrogen (secondary N) is 1. The molecule has 1 heterocycles. The second-order valence-corrected chi connectivity index (χ2v) is 4.72. The van der Waals surface area contributed by atoms with Gasteiger partial charge in [0.1, 0.15) is 12.4 Å². The molecule has 1 aliphatic heterocycles. The minimum atomic E-state index is -0.0314. The van der Waals surface area contributed by atoms with Crippen LogP contribution in [-0.4, -0.2) is 43.6 Å². The molecule has 0 aliphatic carbocycles. The maximum atomic E-state index is 11.6. The molecule has 4 nitrogen and oxygen atoms in total. The molecule has 0 spiro atoms. The molecular formula is C14H20N2O2. The first-order valence-corrected chi connectivity index (χ1v) is 6.34. The largest absolute Gasteiger partial charge is 0.492 e. The molecular weight excluding hydrogens is 228 g/mol. The predicted octanol–water partition coefficient (Wildman–Crippen LogP) is 1.19. The minimum absolute atomic E-state index is 0.0314. The van der Waals surface area contributed by atoms with Crippen LogP contribution in [0.25, 0.3) is 0 Å². The lowest BCUT2D eigenvalue weighted by molar-refractivity contribution is -0.128. The highest BCUT2D eigenvalue weighted by atomic mass is 16.5. The van der Waals surface area contributed by atoms with E-state index >= 15 is 0 Å². The third kappa shape index (κ3) is 3.23. The van der Waals surface area contributed by atoms with Crippen LogP contribution in [-0.2, 0) is 4.79 Å². The van der Waals surface area contributed by atoms with Crippen LogP contribution in [0.15, 0.2) is 24.3 Å². The lowest BCUT2D eigenvalue weighted by Gasteiger charge is -2.12.